The lowest BCUT2D eigenvalue weighted by atomic mass is 10.2. The van der Waals surface area contributed by atoms with Gasteiger partial charge in [0.1, 0.15) is 16.7 Å². The maximum Gasteiger partial charge on any atom is 0.323 e. The highest BCUT2D eigenvalue weighted by molar-refractivity contribution is 6.32. The van der Waals surface area contributed by atoms with Crippen molar-refractivity contribution in [1.82, 2.24) is 10.4 Å². The van der Waals surface area contributed by atoms with E-state index in [9.17, 15) is 4.79 Å². The van der Waals surface area contributed by atoms with E-state index in [1.54, 1.807) is 48.5 Å². The van der Waals surface area contributed by atoms with Crippen molar-refractivity contribution in [3.8, 4) is 11.5 Å². The topological polar surface area (TPSA) is 72.8 Å². The van der Waals surface area contributed by atoms with E-state index in [0.717, 1.165) is 10.9 Å². The smallest absolute Gasteiger partial charge is 0.323 e. The number of carbonyl (C=O) groups excluding carboxylic acids is 1. The van der Waals surface area contributed by atoms with Crippen molar-refractivity contribution >= 4 is 57.8 Å². The van der Waals surface area contributed by atoms with Crippen LogP contribution in [0.25, 0.3) is 10.9 Å². The van der Waals surface area contributed by atoms with Gasteiger partial charge in [0.25, 0.3) is 0 Å². The first-order chi connectivity index (χ1) is 16.0. The number of ether oxygens (including phenoxy) is 2. The molecule has 0 fully saturated rings. The summed E-state index contributed by atoms with van der Waals surface area (Å²) in [7, 11) is 0. The molecule has 1 amide bonds. The number of nitrogens with one attached hydrogen (secondary N) is 1. The van der Waals surface area contributed by atoms with E-state index in [-0.39, 0.29) is 5.15 Å². The number of aromatic nitrogens is 1. The van der Waals surface area contributed by atoms with Crippen molar-refractivity contribution < 1.29 is 14.3 Å². The van der Waals surface area contributed by atoms with Crippen LogP contribution in [0, 0.1) is 0 Å². The predicted molar refractivity (Wildman–Crippen MR) is 130 cm³/mol. The molecule has 1 heterocycles. The standard InChI is InChI=1S/C24H16Cl3N3O3/c25-17-5-9-19(10-6-17)32-24(33-20-11-7-18(26)8-12-20)23(31)30-28-14-16-13-15-3-1-2-4-21(15)29-22(16)27/h1-14,24H,(H,30,31)/b28-14-. The molecule has 4 rings (SSSR count). The number of nitrogens with zero attached hydrogens (tertiary/aromatic N) is 2. The Bertz CT molecular complexity index is 1250. The third-order valence-electron chi connectivity index (χ3n) is 4.41. The van der Waals surface area contributed by atoms with Gasteiger partial charge in [0, 0.05) is 21.0 Å². The molecule has 0 unspecified atom stereocenters. The highest BCUT2D eigenvalue weighted by Crippen LogP contribution is 2.21. The highest BCUT2D eigenvalue weighted by atomic mass is 35.5. The third-order valence-corrected chi connectivity index (χ3v) is 5.22. The van der Waals surface area contributed by atoms with Crippen LogP contribution in [-0.4, -0.2) is 23.4 Å². The Morgan fingerprint density at radius 3 is 2.06 bits per heavy atom. The van der Waals surface area contributed by atoms with Crippen LogP contribution in [0.5, 0.6) is 11.5 Å². The summed E-state index contributed by atoms with van der Waals surface area (Å²) in [4.78, 5) is 17.1. The van der Waals surface area contributed by atoms with Crippen molar-refractivity contribution in [3.05, 3.63) is 99.6 Å². The van der Waals surface area contributed by atoms with Crippen molar-refractivity contribution in [3.63, 3.8) is 0 Å². The Balaban J connectivity index is 1.50. The number of benzene rings is 3. The van der Waals surface area contributed by atoms with Gasteiger partial charge in [-0.2, -0.15) is 5.10 Å². The zero-order valence-electron chi connectivity index (χ0n) is 16.9. The van der Waals surface area contributed by atoms with Gasteiger partial charge in [-0.05, 0) is 60.7 Å². The summed E-state index contributed by atoms with van der Waals surface area (Å²) in [6, 6.07) is 22.4. The molecule has 9 heteroatoms. The molecule has 33 heavy (non-hydrogen) atoms. The predicted octanol–water partition coefficient (Wildman–Crippen LogP) is 6.13. The van der Waals surface area contributed by atoms with Crippen LogP contribution in [0.15, 0.2) is 84.0 Å². The summed E-state index contributed by atoms with van der Waals surface area (Å²) < 4.78 is 11.4. The number of hydrogen-bond donors (Lipinski definition) is 1. The average molecular weight is 501 g/mol. The van der Waals surface area contributed by atoms with Gasteiger partial charge in [0.2, 0.25) is 0 Å². The second kappa shape index (κ2) is 10.5. The highest BCUT2D eigenvalue weighted by Gasteiger charge is 2.22. The fourth-order valence-corrected chi connectivity index (χ4v) is 3.27. The minimum absolute atomic E-state index is 0.262. The van der Waals surface area contributed by atoms with Gasteiger partial charge < -0.3 is 9.47 Å². The SMILES string of the molecule is O=C(N/N=C\c1cc2ccccc2nc1Cl)C(Oc1ccc(Cl)cc1)Oc1ccc(Cl)cc1. The molecule has 0 saturated carbocycles. The monoisotopic (exact) mass is 499 g/mol. The van der Waals surface area contributed by atoms with Crippen LogP contribution in [0.3, 0.4) is 0 Å². The Morgan fingerprint density at radius 2 is 1.45 bits per heavy atom. The van der Waals surface area contributed by atoms with E-state index in [0.29, 0.717) is 27.1 Å². The van der Waals surface area contributed by atoms with Crippen LogP contribution >= 0.6 is 34.8 Å². The number of hydrazone groups is 1. The summed E-state index contributed by atoms with van der Waals surface area (Å²) in [6.07, 6.45) is 0.0658. The lowest BCUT2D eigenvalue weighted by Crippen LogP contribution is -2.40. The van der Waals surface area contributed by atoms with Gasteiger partial charge in [-0.3, -0.25) is 4.79 Å². The molecule has 4 aromatic rings. The number of halogens is 3. The van der Waals surface area contributed by atoms with Crippen molar-refractivity contribution in [2.45, 2.75) is 6.29 Å². The van der Waals surface area contributed by atoms with Gasteiger partial charge >= 0.3 is 12.2 Å². The molecule has 0 atom stereocenters. The number of hydrogen-bond acceptors (Lipinski definition) is 5. The normalized spacial score (nSPS) is 11.2. The zero-order chi connectivity index (χ0) is 23.2. The fraction of sp³-hybridized carbons (Fsp3) is 0.0417. The second-order valence-corrected chi connectivity index (χ2v) is 8.00. The van der Waals surface area contributed by atoms with Crippen LogP contribution in [0.1, 0.15) is 5.56 Å². The molecule has 0 aliphatic heterocycles. The summed E-state index contributed by atoms with van der Waals surface area (Å²) in [5, 5.41) is 6.22. The number of fused-ring (bicyclic) bond motifs is 1. The summed E-state index contributed by atoms with van der Waals surface area (Å²) in [5.41, 5.74) is 3.72. The fourth-order valence-electron chi connectivity index (χ4n) is 2.82. The van der Waals surface area contributed by atoms with Gasteiger partial charge in [0.15, 0.2) is 0 Å². The molecule has 0 aliphatic rings. The molecule has 0 radical (unpaired) electrons. The Kier molecular flexibility index (Phi) is 7.29. The Hall–Kier alpha value is -3.32. The van der Waals surface area contributed by atoms with Gasteiger partial charge in [0.05, 0.1) is 11.7 Å². The molecule has 3 aromatic carbocycles. The van der Waals surface area contributed by atoms with Gasteiger partial charge in [-0.15, -0.1) is 0 Å². The van der Waals surface area contributed by atoms with Gasteiger partial charge in [-0.1, -0.05) is 53.0 Å². The van der Waals surface area contributed by atoms with Crippen LogP contribution in [0.4, 0.5) is 0 Å². The van der Waals surface area contributed by atoms with Gasteiger partial charge in [-0.25, -0.2) is 10.4 Å². The van der Waals surface area contributed by atoms with E-state index < -0.39 is 12.2 Å². The summed E-state index contributed by atoms with van der Waals surface area (Å²) in [5.74, 6) is 0.138. The first-order valence-corrected chi connectivity index (χ1v) is 10.8. The molecule has 0 spiro atoms. The molecular weight excluding hydrogens is 485 g/mol. The van der Waals surface area contributed by atoms with E-state index in [1.807, 2.05) is 30.3 Å². The zero-order valence-corrected chi connectivity index (χ0v) is 19.2. The van der Waals surface area contributed by atoms with E-state index in [2.05, 4.69) is 15.5 Å². The number of para-hydroxylation sites is 1. The largest absolute Gasteiger partial charge is 0.446 e. The van der Waals surface area contributed by atoms with Crippen molar-refractivity contribution in [1.29, 1.82) is 0 Å². The molecule has 1 N–H and O–H groups in total. The maximum atomic E-state index is 12.8. The van der Waals surface area contributed by atoms with Crippen LogP contribution in [-0.2, 0) is 4.79 Å². The molecule has 0 saturated heterocycles. The quantitative estimate of drug-likeness (QED) is 0.143. The summed E-state index contributed by atoms with van der Waals surface area (Å²) in [6.45, 7) is 0. The van der Waals surface area contributed by atoms with E-state index in [1.165, 1.54) is 6.21 Å². The molecular formula is C24H16Cl3N3O3. The van der Waals surface area contributed by atoms with Crippen molar-refractivity contribution in [2.75, 3.05) is 0 Å². The number of pyridine rings is 1. The van der Waals surface area contributed by atoms with Crippen LogP contribution < -0.4 is 14.9 Å². The lowest BCUT2D eigenvalue weighted by molar-refractivity contribution is -0.140. The third kappa shape index (κ3) is 6.14. The lowest BCUT2D eigenvalue weighted by Gasteiger charge is -2.19. The number of amides is 1. The first-order valence-electron chi connectivity index (χ1n) is 9.70. The minimum Gasteiger partial charge on any atom is -0.446 e. The van der Waals surface area contributed by atoms with E-state index >= 15 is 0 Å². The number of rotatable bonds is 7. The summed E-state index contributed by atoms with van der Waals surface area (Å²) >= 11 is 18.1. The van der Waals surface area contributed by atoms with Crippen LogP contribution in [0.2, 0.25) is 15.2 Å². The molecule has 0 bridgehead atoms. The minimum atomic E-state index is -1.34. The Morgan fingerprint density at radius 1 is 0.879 bits per heavy atom. The van der Waals surface area contributed by atoms with E-state index in [4.69, 9.17) is 44.3 Å². The molecule has 166 valence electrons. The first kappa shape index (κ1) is 22.9. The van der Waals surface area contributed by atoms with Crippen molar-refractivity contribution in [2.24, 2.45) is 5.10 Å². The number of carbonyl (C=O) groups is 1. The molecule has 0 aliphatic carbocycles. The Labute approximate surface area is 204 Å². The molecule has 1 aromatic heterocycles. The maximum absolute atomic E-state index is 12.8. The molecule has 6 nitrogen and oxygen atoms in total. The second-order valence-electron chi connectivity index (χ2n) is 6.77. The average Bonchev–Trinajstić information content (AvgIpc) is 2.81.